The summed E-state index contributed by atoms with van der Waals surface area (Å²) >= 11 is 0. The number of nitrogens with zero attached hydrogens (tertiary/aromatic N) is 3. The number of anilines is 1. The Kier molecular flexibility index (Phi) is 9.73. The molecule has 3 heterocycles. The number of piperidine rings is 1. The Morgan fingerprint density at radius 2 is 2.02 bits per heavy atom. The standard InChI is InChI=1S/C27H31F4N5O3S2/c1-35-10-8-22(21(28)16-35)33-14-18-6-7-24-19(11-18)12-20(36(24)17-27(29,30)31)5-4-9-32-23-15-34-26(13-25(23)39-2)41(37,38)40-3/h6-7,11-13,15,21-22,32-33H,8-10,14,16-17H2,1-3H3. The van der Waals surface area contributed by atoms with Gasteiger partial charge in [0.25, 0.3) is 0 Å². The monoisotopic (exact) mass is 613 g/mol. The van der Waals surface area contributed by atoms with Crippen molar-refractivity contribution in [3.05, 3.63) is 47.8 Å². The predicted molar refractivity (Wildman–Crippen MR) is 152 cm³/mol. The zero-order valence-electron chi connectivity index (χ0n) is 22.8. The van der Waals surface area contributed by atoms with Crippen LogP contribution in [0, 0.1) is 11.8 Å². The molecule has 0 aliphatic carbocycles. The largest absolute Gasteiger partial charge is 0.494 e. The molecule has 1 fully saturated rings. The van der Waals surface area contributed by atoms with Crippen molar-refractivity contribution in [1.82, 2.24) is 19.8 Å². The molecule has 222 valence electrons. The van der Waals surface area contributed by atoms with E-state index in [-0.39, 0.29) is 29.1 Å². The van der Waals surface area contributed by atoms with Crippen molar-refractivity contribution in [3.63, 3.8) is 0 Å². The number of pyridine rings is 1. The number of halogens is 4. The maximum Gasteiger partial charge on any atom is 0.406 e. The summed E-state index contributed by atoms with van der Waals surface area (Å²) in [5.41, 5.74) is 1.80. The maximum absolute atomic E-state index is 14.4. The molecule has 2 atom stereocenters. The molecule has 3 aromatic rings. The van der Waals surface area contributed by atoms with Crippen molar-refractivity contribution < 1.29 is 30.7 Å². The van der Waals surface area contributed by atoms with Gasteiger partial charge in [-0.2, -0.15) is 13.2 Å². The van der Waals surface area contributed by atoms with Crippen LogP contribution in [0.25, 0.3) is 10.9 Å². The van der Waals surface area contributed by atoms with Crippen molar-refractivity contribution in [2.75, 3.05) is 45.4 Å². The molecule has 2 aromatic heterocycles. The lowest BCUT2D eigenvalue weighted by Gasteiger charge is -2.32. The number of likely N-dealkylation sites (tertiary alicyclic amines) is 1. The van der Waals surface area contributed by atoms with E-state index < -0.39 is 27.8 Å². The number of benzene rings is 1. The lowest BCUT2D eigenvalue weighted by molar-refractivity contribution is -0.140. The van der Waals surface area contributed by atoms with Crippen molar-refractivity contribution in [3.8, 4) is 17.6 Å². The van der Waals surface area contributed by atoms with E-state index in [1.54, 1.807) is 24.3 Å². The number of alkyl halides is 4. The van der Waals surface area contributed by atoms with Crippen molar-refractivity contribution in [2.24, 2.45) is 0 Å². The number of ether oxygens (including phenoxy) is 1. The molecule has 1 aliphatic rings. The van der Waals surface area contributed by atoms with Crippen LogP contribution in [-0.4, -0.2) is 81.3 Å². The summed E-state index contributed by atoms with van der Waals surface area (Å²) in [5, 5.41) is 6.65. The minimum Gasteiger partial charge on any atom is -0.494 e. The lowest BCUT2D eigenvalue weighted by Crippen LogP contribution is -2.49. The lowest BCUT2D eigenvalue weighted by atomic mass is 10.0. The van der Waals surface area contributed by atoms with E-state index >= 15 is 0 Å². The predicted octanol–water partition coefficient (Wildman–Crippen LogP) is 4.25. The van der Waals surface area contributed by atoms with Gasteiger partial charge in [0.05, 0.1) is 31.2 Å². The third kappa shape index (κ3) is 7.85. The molecule has 4 rings (SSSR count). The molecule has 0 saturated carbocycles. The van der Waals surface area contributed by atoms with Gasteiger partial charge in [-0.3, -0.25) is 0 Å². The van der Waals surface area contributed by atoms with Crippen LogP contribution in [0.15, 0.2) is 41.6 Å². The molecule has 1 aliphatic heterocycles. The Morgan fingerprint density at radius 3 is 2.71 bits per heavy atom. The zero-order valence-corrected chi connectivity index (χ0v) is 24.4. The minimum absolute atomic E-state index is 0.0380. The quantitative estimate of drug-likeness (QED) is 0.211. The number of aromatic nitrogens is 2. The van der Waals surface area contributed by atoms with Crippen LogP contribution in [0.5, 0.6) is 5.75 Å². The molecular weight excluding hydrogens is 582 g/mol. The molecule has 14 heteroatoms. The fourth-order valence-corrected chi connectivity index (χ4v) is 6.03. The minimum atomic E-state index is -4.46. The highest BCUT2D eigenvalue weighted by atomic mass is 33.1. The van der Waals surface area contributed by atoms with E-state index in [4.69, 9.17) is 4.74 Å². The van der Waals surface area contributed by atoms with E-state index in [0.29, 0.717) is 46.9 Å². The number of fused-ring (bicyclic) bond motifs is 1. The first-order valence-electron chi connectivity index (χ1n) is 12.7. The summed E-state index contributed by atoms with van der Waals surface area (Å²) in [6.07, 6.45) is -2.03. The van der Waals surface area contributed by atoms with Crippen LogP contribution in [0.1, 0.15) is 17.7 Å². The third-order valence-electron chi connectivity index (χ3n) is 6.74. The highest BCUT2D eigenvalue weighted by Gasteiger charge is 2.30. The topological polar surface area (TPSA) is 88.5 Å². The fourth-order valence-electron chi connectivity index (χ4n) is 4.64. The molecule has 1 aromatic carbocycles. The highest BCUT2D eigenvalue weighted by Crippen LogP contribution is 2.29. The first-order valence-corrected chi connectivity index (χ1v) is 15.9. The second kappa shape index (κ2) is 12.9. The van der Waals surface area contributed by atoms with Crippen LogP contribution >= 0.6 is 10.8 Å². The van der Waals surface area contributed by atoms with E-state index in [0.717, 1.165) is 16.7 Å². The van der Waals surface area contributed by atoms with Crippen LogP contribution in [0.2, 0.25) is 0 Å². The number of methoxy groups -OCH3 is 1. The van der Waals surface area contributed by atoms with Gasteiger partial charge < -0.3 is 24.8 Å². The second-order valence-corrected chi connectivity index (χ2v) is 13.7. The molecule has 0 amide bonds. The smallest absolute Gasteiger partial charge is 0.406 e. The molecule has 0 radical (unpaired) electrons. The number of nitrogens with one attached hydrogen (secondary N) is 2. The summed E-state index contributed by atoms with van der Waals surface area (Å²) in [6.45, 7) is 0.391. The van der Waals surface area contributed by atoms with E-state index in [1.165, 1.54) is 25.6 Å². The normalized spacial score (nSPS) is 18.2. The summed E-state index contributed by atoms with van der Waals surface area (Å²) in [4.78, 5) is 5.90. The number of hydrogen-bond donors (Lipinski definition) is 2. The summed E-state index contributed by atoms with van der Waals surface area (Å²) in [7, 11) is 0.304. The Bertz CT molecular complexity index is 1550. The average Bonchev–Trinajstić information content (AvgIpc) is 3.25. The van der Waals surface area contributed by atoms with Crippen molar-refractivity contribution in [1.29, 1.82) is 0 Å². The van der Waals surface area contributed by atoms with Crippen LogP contribution < -0.4 is 15.4 Å². The Morgan fingerprint density at radius 1 is 1.24 bits per heavy atom. The fraction of sp³-hybridized carbons (Fsp3) is 0.444. The van der Waals surface area contributed by atoms with Gasteiger partial charge in [0, 0.05) is 36.1 Å². The van der Waals surface area contributed by atoms with Crippen LogP contribution in [-0.2, 0) is 22.0 Å². The van der Waals surface area contributed by atoms with Crippen LogP contribution in [0.4, 0.5) is 23.2 Å². The van der Waals surface area contributed by atoms with Gasteiger partial charge >= 0.3 is 6.18 Å². The maximum atomic E-state index is 14.4. The Balaban J connectivity index is 1.52. The third-order valence-corrected chi connectivity index (χ3v) is 9.74. The Labute approximate surface area is 240 Å². The van der Waals surface area contributed by atoms with Gasteiger partial charge in [-0.25, -0.2) is 17.8 Å². The first-order chi connectivity index (χ1) is 19.4. The Hall–Kier alpha value is -2.99. The van der Waals surface area contributed by atoms with Gasteiger partial charge in [-0.05, 0) is 66.7 Å². The van der Waals surface area contributed by atoms with Gasteiger partial charge in [-0.15, -0.1) is 0 Å². The molecule has 2 N–H and O–H groups in total. The van der Waals surface area contributed by atoms with E-state index in [9.17, 15) is 26.0 Å². The molecule has 0 bridgehead atoms. The van der Waals surface area contributed by atoms with Crippen molar-refractivity contribution in [2.45, 2.75) is 42.9 Å². The van der Waals surface area contributed by atoms with Gasteiger partial charge in [-0.1, -0.05) is 12.0 Å². The summed E-state index contributed by atoms with van der Waals surface area (Å²) in [5.74, 6) is 5.87. The van der Waals surface area contributed by atoms with Crippen molar-refractivity contribution >= 4 is 36.3 Å². The summed E-state index contributed by atoms with van der Waals surface area (Å²) in [6, 6.07) is 7.78. The average molecular weight is 614 g/mol. The highest BCUT2D eigenvalue weighted by molar-refractivity contribution is 8.71. The number of hydrogen-bond acceptors (Lipinski definition) is 8. The molecule has 0 spiro atoms. The second-order valence-electron chi connectivity index (χ2n) is 9.68. The molecule has 2 unspecified atom stereocenters. The van der Waals surface area contributed by atoms with Gasteiger partial charge in [0.2, 0.25) is 8.87 Å². The van der Waals surface area contributed by atoms with Crippen LogP contribution in [0.3, 0.4) is 0 Å². The van der Waals surface area contributed by atoms with E-state index in [1.807, 2.05) is 11.9 Å². The number of rotatable bonds is 9. The van der Waals surface area contributed by atoms with Gasteiger partial charge in [0.1, 0.15) is 18.5 Å². The van der Waals surface area contributed by atoms with Gasteiger partial charge in [0.15, 0.2) is 5.03 Å². The SMILES string of the molecule is COc1cc(S(=O)(=O)SC)ncc1NCC#Cc1cc2cc(CNC3CCN(C)CC3F)ccc2n1CC(F)(F)F. The zero-order chi connectivity index (χ0) is 29.8. The first kappa shape index (κ1) is 31.0. The molecule has 8 nitrogen and oxygen atoms in total. The van der Waals surface area contributed by atoms with E-state index in [2.05, 4.69) is 27.5 Å². The molecule has 41 heavy (non-hydrogen) atoms. The summed E-state index contributed by atoms with van der Waals surface area (Å²) < 4.78 is 85.2. The molecular formula is C27H31F4N5O3S2. The molecule has 1 saturated heterocycles.